The summed E-state index contributed by atoms with van der Waals surface area (Å²) in [6.07, 6.45) is 3.55. The Morgan fingerprint density at radius 1 is 1.39 bits per heavy atom. The minimum absolute atomic E-state index is 0.113. The molecule has 0 unspecified atom stereocenters. The molecule has 18 heavy (non-hydrogen) atoms. The molecule has 0 bridgehead atoms. The fraction of sp³-hybridized carbons (Fsp3) is 0.538. The van der Waals surface area contributed by atoms with Crippen LogP contribution in [-0.4, -0.2) is 43.0 Å². The normalized spacial score (nSPS) is 17.4. The van der Waals surface area contributed by atoms with Crippen LogP contribution in [-0.2, 0) is 4.79 Å². The zero-order valence-electron chi connectivity index (χ0n) is 10.9. The van der Waals surface area contributed by atoms with Crippen LogP contribution in [0.25, 0.3) is 0 Å². The Morgan fingerprint density at radius 3 is 2.67 bits per heavy atom. The fourth-order valence-electron chi connectivity index (χ4n) is 2.13. The van der Waals surface area contributed by atoms with E-state index in [0.29, 0.717) is 0 Å². The molecular weight excluding hydrogens is 228 g/mol. The molecule has 0 radical (unpaired) electrons. The zero-order chi connectivity index (χ0) is 13.0. The Morgan fingerprint density at radius 2 is 2.11 bits per heavy atom. The number of carbonyl (C=O) groups excluding carboxylic acids is 1. The number of hydrogen-bond donors (Lipinski definition) is 2. The molecule has 1 aliphatic rings. The third kappa shape index (κ3) is 3.20. The van der Waals surface area contributed by atoms with E-state index in [2.05, 4.69) is 27.6 Å². The molecule has 0 aliphatic carbocycles. The molecule has 0 saturated carbocycles. The summed E-state index contributed by atoms with van der Waals surface area (Å²) in [7, 11) is 3.91. The van der Waals surface area contributed by atoms with Crippen molar-refractivity contribution in [3.8, 4) is 0 Å². The van der Waals surface area contributed by atoms with E-state index in [-0.39, 0.29) is 11.8 Å². The van der Waals surface area contributed by atoms with E-state index < -0.39 is 0 Å². The van der Waals surface area contributed by atoms with Gasteiger partial charge in [0.15, 0.2) is 0 Å². The first-order valence-electron chi connectivity index (χ1n) is 6.32. The molecule has 1 amide bonds. The lowest BCUT2D eigenvalue weighted by molar-refractivity contribution is -0.121. The Bertz CT molecular complexity index is 396. The quantitative estimate of drug-likeness (QED) is 0.849. The highest BCUT2D eigenvalue weighted by Crippen LogP contribution is 2.18. The van der Waals surface area contributed by atoms with Crippen LogP contribution in [0.4, 0.5) is 11.5 Å². The van der Waals surface area contributed by atoms with Crippen molar-refractivity contribution < 1.29 is 4.79 Å². The van der Waals surface area contributed by atoms with Gasteiger partial charge in [-0.25, -0.2) is 4.98 Å². The number of nitrogens with one attached hydrogen (secondary N) is 2. The van der Waals surface area contributed by atoms with E-state index in [0.717, 1.165) is 37.4 Å². The Hall–Kier alpha value is -1.62. The van der Waals surface area contributed by atoms with Crippen LogP contribution in [0.5, 0.6) is 0 Å². The molecule has 1 aromatic rings. The first-order chi connectivity index (χ1) is 8.69. The molecule has 2 N–H and O–H groups in total. The molecule has 0 spiro atoms. The van der Waals surface area contributed by atoms with Crippen LogP contribution in [0.1, 0.15) is 12.8 Å². The lowest BCUT2D eigenvalue weighted by Gasteiger charge is -2.28. The highest BCUT2D eigenvalue weighted by atomic mass is 16.1. The second-order valence-electron chi connectivity index (χ2n) is 4.75. The highest BCUT2D eigenvalue weighted by molar-refractivity contribution is 5.92. The van der Waals surface area contributed by atoms with Gasteiger partial charge in [0.25, 0.3) is 0 Å². The van der Waals surface area contributed by atoms with Crippen molar-refractivity contribution >= 4 is 17.4 Å². The van der Waals surface area contributed by atoms with Gasteiger partial charge in [0, 0.05) is 13.0 Å². The van der Waals surface area contributed by atoms with Crippen molar-refractivity contribution in [1.82, 2.24) is 9.88 Å². The molecule has 2 rings (SSSR count). The van der Waals surface area contributed by atoms with Gasteiger partial charge in [-0.05, 0) is 45.1 Å². The zero-order valence-corrected chi connectivity index (χ0v) is 10.9. The average Bonchev–Trinajstić information content (AvgIpc) is 2.40. The Balaban J connectivity index is 1.90. The summed E-state index contributed by atoms with van der Waals surface area (Å²) in [6.45, 7) is 1.99. The number of likely N-dealkylation sites (tertiary alicyclic amines) is 1. The van der Waals surface area contributed by atoms with Crippen molar-refractivity contribution in [2.24, 2.45) is 5.92 Å². The van der Waals surface area contributed by atoms with E-state index in [4.69, 9.17) is 0 Å². The van der Waals surface area contributed by atoms with Crippen molar-refractivity contribution in [1.29, 1.82) is 0 Å². The van der Waals surface area contributed by atoms with Crippen molar-refractivity contribution in [3.63, 3.8) is 0 Å². The van der Waals surface area contributed by atoms with Gasteiger partial charge >= 0.3 is 0 Å². The second-order valence-corrected chi connectivity index (χ2v) is 4.75. The van der Waals surface area contributed by atoms with Gasteiger partial charge in [0.1, 0.15) is 5.82 Å². The maximum absolute atomic E-state index is 12.1. The highest BCUT2D eigenvalue weighted by Gasteiger charge is 2.23. The summed E-state index contributed by atoms with van der Waals surface area (Å²) in [5, 5.41) is 5.88. The molecule has 1 fully saturated rings. The summed E-state index contributed by atoms with van der Waals surface area (Å²) in [5.41, 5.74) is 0.762. The first kappa shape index (κ1) is 12.8. The van der Waals surface area contributed by atoms with Gasteiger partial charge in [0.05, 0.1) is 11.9 Å². The third-order valence-electron chi connectivity index (χ3n) is 3.38. The number of carbonyl (C=O) groups is 1. The molecule has 5 nitrogen and oxygen atoms in total. The van der Waals surface area contributed by atoms with E-state index in [1.165, 1.54) is 0 Å². The minimum atomic E-state index is 0.113. The van der Waals surface area contributed by atoms with E-state index in [9.17, 15) is 4.79 Å². The molecule has 5 heteroatoms. The first-order valence-corrected chi connectivity index (χ1v) is 6.32. The third-order valence-corrected chi connectivity index (χ3v) is 3.38. The predicted molar refractivity (Wildman–Crippen MR) is 72.6 cm³/mol. The van der Waals surface area contributed by atoms with Crippen LogP contribution in [0.2, 0.25) is 0 Å². The van der Waals surface area contributed by atoms with E-state index in [1.807, 2.05) is 19.2 Å². The van der Waals surface area contributed by atoms with Gasteiger partial charge in [-0.3, -0.25) is 4.79 Å². The van der Waals surface area contributed by atoms with Crippen molar-refractivity contribution in [3.05, 3.63) is 18.3 Å². The molecule has 0 aromatic carbocycles. The van der Waals surface area contributed by atoms with Crippen LogP contribution < -0.4 is 10.6 Å². The largest absolute Gasteiger partial charge is 0.373 e. The SMILES string of the molecule is CNc1ccc(NC(=O)C2CCN(C)CC2)cn1. The van der Waals surface area contributed by atoms with E-state index in [1.54, 1.807) is 6.20 Å². The van der Waals surface area contributed by atoms with Gasteiger partial charge in [-0.15, -0.1) is 0 Å². The van der Waals surface area contributed by atoms with Crippen LogP contribution in [0.3, 0.4) is 0 Å². The summed E-state index contributed by atoms with van der Waals surface area (Å²) in [5.74, 6) is 1.04. The number of pyridine rings is 1. The fourth-order valence-corrected chi connectivity index (χ4v) is 2.13. The number of hydrogen-bond acceptors (Lipinski definition) is 4. The van der Waals surface area contributed by atoms with Crippen LogP contribution in [0.15, 0.2) is 18.3 Å². The van der Waals surface area contributed by atoms with Gasteiger partial charge < -0.3 is 15.5 Å². The van der Waals surface area contributed by atoms with Gasteiger partial charge in [-0.1, -0.05) is 0 Å². The predicted octanol–water partition coefficient (Wildman–Crippen LogP) is 1.40. The maximum Gasteiger partial charge on any atom is 0.227 e. The topological polar surface area (TPSA) is 57.3 Å². The molecule has 1 aliphatic heterocycles. The monoisotopic (exact) mass is 248 g/mol. The molecule has 1 saturated heterocycles. The van der Waals surface area contributed by atoms with Gasteiger partial charge in [-0.2, -0.15) is 0 Å². The van der Waals surface area contributed by atoms with Crippen LogP contribution in [0, 0.1) is 5.92 Å². The number of rotatable bonds is 3. The average molecular weight is 248 g/mol. The standard InChI is InChI=1S/C13H20N4O/c1-14-12-4-3-11(9-15-12)16-13(18)10-5-7-17(2)8-6-10/h3-4,9-10H,5-8H2,1-2H3,(H,14,15)(H,16,18). The lowest BCUT2D eigenvalue weighted by Crippen LogP contribution is -2.35. The van der Waals surface area contributed by atoms with E-state index >= 15 is 0 Å². The smallest absolute Gasteiger partial charge is 0.227 e. The number of piperidine rings is 1. The number of anilines is 2. The van der Waals surface area contributed by atoms with Gasteiger partial charge in [0.2, 0.25) is 5.91 Å². The summed E-state index contributed by atoms with van der Waals surface area (Å²) >= 11 is 0. The van der Waals surface area contributed by atoms with Crippen LogP contribution >= 0.6 is 0 Å². The Labute approximate surface area is 108 Å². The molecule has 2 heterocycles. The summed E-state index contributed by atoms with van der Waals surface area (Å²) in [4.78, 5) is 18.5. The molecule has 98 valence electrons. The number of amides is 1. The minimum Gasteiger partial charge on any atom is -0.373 e. The number of nitrogens with zero attached hydrogens (tertiary/aromatic N) is 2. The lowest BCUT2D eigenvalue weighted by atomic mass is 9.96. The molecular formula is C13H20N4O. The molecule has 1 aromatic heterocycles. The maximum atomic E-state index is 12.1. The van der Waals surface area contributed by atoms with Crippen molar-refractivity contribution in [2.75, 3.05) is 37.8 Å². The second kappa shape index (κ2) is 5.82. The van der Waals surface area contributed by atoms with Crippen molar-refractivity contribution in [2.45, 2.75) is 12.8 Å². The summed E-state index contributed by atoms with van der Waals surface area (Å²) in [6, 6.07) is 3.72. The summed E-state index contributed by atoms with van der Waals surface area (Å²) < 4.78 is 0. The molecule has 0 atom stereocenters. The Kier molecular flexibility index (Phi) is 4.15. The number of aromatic nitrogens is 1.